The summed E-state index contributed by atoms with van der Waals surface area (Å²) in [4.78, 5) is 48.3. The number of hydrogen-bond acceptors (Lipinski definition) is 9. The maximum Gasteiger partial charge on any atom is 0.323 e. The van der Waals surface area contributed by atoms with Gasteiger partial charge in [-0.25, -0.2) is 0 Å². The smallest absolute Gasteiger partial charge is 0.323 e. The third-order valence-electron chi connectivity index (χ3n) is 4.92. The van der Waals surface area contributed by atoms with E-state index in [9.17, 15) is 19.2 Å². The highest BCUT2D eigenvalue weighted by Crippen LogP contribution is 2.30. The van der Waals surface area contributed by atoms with Crippen LogP contribution in [0.5, 0.6) is 11.5 Å². The summed E-state index contributed by atoms with van der Waals surface area (Å²) in [7, 11) is 0. The largest absolute Gasteiger partial charge is 0.461 e. The molecule has 3 atom stereocenters. The number of benzene rings is 1. The summed E-state index contributed by atoms with van der Waals surface area (Å²) < 4.78 is 21.2. The molecule has 0 aromatic heterocycles. The monoisotopic (exact) mass is 479 g/mol. The minimum absolute atomic E-state index is 0.0661. The van der Waals surface area contributed by atoms with Gasteiger partial charge in [0.15, 0.2) is 11.5 Å². The number of esters is 4. The molecule has 0 aliphatic rings. The van der Waals surface area contributed by atoms with E-state index >= 15 is 0 Å². The Morgan fingerprint density at radius 2 is 1.38 bits per heavy atom. The lowest BCUT2D eigenvalue weighted by atomic mass is 10.1. The number of rotatable bonds is 12. The maximum absolute atomic E-state index is 12.3. The summed E-state index contributed by atoms with van der Waals surface area (Å²) >= 11 is 0. The van der Waals surface area contributed by atoms with Gasteiger partial charge in [-0.15, -0.1) is 0 Å². The van der Waals surface area contributed by atoms with E-state index < -0.39 is 36.0 Å². The van der Waals surface area contributed by atoms with Crippen LogP contribution in [0.25, 0.3) is 0 Å². The van der Waals surface area contributed by atoms with Gasteiger partial charge in [0, 0.05) is 0 Å². The lowest BCUT2D eigenvalue weighted by molar-refractivity contribution is -0.161. The van der Waals surface area contributed by atoms with Crippen molar-refractivity contribution >= 4 is 23.9 Å². The quantitative estimate of drug-likeness (QED) is 0.354. The van der Waals surface area contributed by atoms with Crippen LogP contribution in [-0.4, -0.2) is 42.6 Å². The number of nitrogens with two attached hydrogens (primary N) is 1. The molecule has 1 aromatic carbocycles. The van der Waals surface area contributed by atoms with Gasteiger partial charge in [-0.2, -0.15) is 0 Å². The fourth-order valence-electron chi connectivity index (χ4n) is 2.45. The first-order valence-corrected chi connectivity index (χ1v) is 11.5. The first-order valence-electron chi connectivity index (χ1n) is 11.5. The van der Waals surface area contributed by atoms with Crippen molar-refractivity contribution in [1.82, 2.24) is 0 Å². The van der Waals surface area contributed by atoms with E-state index in [1.54, 1.807) is 47.6 Å². The van der Waals surface area contributed by atoms with Gasteiger partial charge >= 0.3 is 23.9 Å². The van der Waals surface area contributed by atoms with Gasteiger partial charge in [-0.1, -0.05) is 47.6 Å². The van der Waals surface area contributed by atoms with Crippen LogP contribution in [0.4, 0.5) is 0 Å². The predicted molar refractivity (Wildman–Crippen MR) is 125 cm³/mol. The molecule has 0 saturated carbocycles. The topological polar surface area (TPSA) is 131 Å². The van der Waals surface area contributed by atoms with Gasteiger partial charge in [0.1, 0.15) is 18.8 Å². The van der Waals surface area contributed by atoms with E-state index in [0.29, 0.717) is 12.0 Å². The molecule has 1 unspecified atom stereocenters. The Kier molecular flexibility index (Phi) is 11.7. The Labute approximate surface area is 201 Å². The first kappa shape index (κ1) is 29.1. The summed E-state index contributed by atoms with van der Waals surface area (Å²) in [6, 6.07) is 3.62. The Morgan fingerprint density at radius 3 is 1.91 bits per heavy atom. The van der Waals surface area contributed by atoms with Crippen molar-refractivity contribution < 1.29 is 38.1 Å². The van der Waals surface area contributed by atoms with Crippen molar-refractivity contribution in [2.24, 2.45) is 23.5 Å². The SMILES string of the molecule is CCC(C)C(=O)O[C@@H](C)COC(=O)[C@@H](N)Cc1ccc(OC(=O)C(C)C)c(OC(=O)C(C)C)c1. The normalized spacial score (nSPS) is 13.7. The molecule has 0 fully saturated rings. The Morgan fingerprint density at radius 1 is 0.824 bits per heavy atom. The standard InChI is InChI=1S/C25H37NO8/c1-8-16(6)24(29)32-17(7)13-31-25(30)19(26)11-18-9-10-20(33-22(27)14(2)3)21(12-18)34-23(28)15(4)5/h9-10,12,14-17,19H,8,11,13,26H2,1-7H3/t16?,17-,19-/m0/s1. The second-order valence-electron chi connectivity index (χ2n) is 8.93. The molecular weight excluding hydrogens is 442 g/mol. The molecule has 0 spiro atoms. The van der Waals surface area contributed by atoms with E-state index in [0.717, 1.165) is 0 Å². The Balaban J connectivity index is 2.84. The second kappa shape index (κ2) is 13.7. The lowest BCUT2D eigenvalue weighted by Gasteiger charge is -2.18. The molecule has 34 heavy (non-hydrogen) atoms. The maximum atomic E-state index is 12.3. The molecule has 9 nitrogen and oxygen atoms in total. The van der Waals surface area contributed by atoms with Crippen molar-refractivity contribution in [2.45, 2.75) is 73.5 Å². The van der Waals surface area contributed by atoms with Crippen molar-refractivity contribution in [3.63, 3.8) is 0 Å². The van der Waals surface area contributed by atoms with Gasteiger partial charge in [0.05, 0.1) is 17.8 Å². The average molecular weight is 480 g/mol. The van der Waals surface area contributed by atoms with Crippen molar-refractivity contribution in [3.05, 3.63) is 23.8 Å². The molecule has 0 saturated heterocycles. The molecule has 1 rings (SSSR count). The van der Waals surface area contributed by atoms with Gasteiger partial charge in [0.2, 0.25) is 0 Å². The molecule has 0 aliphatic heterocycles. The van der Waals surface area contributed by atoms with Gasteiger partial charge < -0.3 is 24.7 Å². The molecule has 2 N–H and O–H groups in total. The molecule has 0 radical (unpaired) electrons. The van der Waals surface area contributed by atoms with Gasteiger partial charge in [0.25, 0.3) is 0 Å². The van der Waals surface area contributed by atoms with Crippen LogP contribution in [0.1, 0.15) is 60.5 Å². The van der Waals surface area contributed by atoms with Crippen LogP contribution in [0.3, 0.4) is 0 Å². The minimum atomic E-state index is -1.00. The Hall–Kier alpha value is -2.94. The third kappa shape index (κ3) is 9.51. The zero-order chi connectivity index (χ0) is 26.0. The van der Waals surface area contributed by atoms with Crippen molar-refractivity contribution in [1.29, 1.82) is 0 Å². The Bertz CT molecular complexity index is 864. The van der Waals surface area contributed by atoms with E-state index in [1.165, 1.54) is 12.1 Å². The molecule has 0 aliphatic carbocycles. The van der Waals surface area contributed by atoms with E-state index in [-0.39, 0.29) is 42.3 Å². The fourth-order valence-corrected chi connectivity index (χ4v) is 2.45. The van der Waals surface area contributed by atoms with Crippen molar-refractivity contribution in [2.75, 3.05) is 6.61 Å². The average Bonchev–Trinajstić information content (AvgIpc) is 2.77. The molecular formula is C25H37NO8. The van der Waals surface area contributed by atoms with Crippen LogP contribution < -0.4 is 15.2 Å². The molecule has 0 amide bonds. The highest BCUT2D eigenvalue weighted by molar-refractivity contribution is 5.78. The molecule has 9 heteroatoms. The molecule has 0 heterocycles. The molecule has 0 bridgehead atoms. The zero-order valence-corrected chi connectivity index (χ0v) is 21.1. The first-order chi connectivity index (χ1) is 15.8. The number of carbonyl (C=O) groups is 4. The van der Waals surface area contributed by atoms with Crippen LogP contribution in [-0.2, 0) is 35.1 Å². The van der Waals surface area contributed by atoms with Gasteiger partial charge in [-0.3, -0.25) is 19.2 Å². The number of ether oxygens (including phenoxy) is 4. The lowest BCUT2D eigenvalue weighted by Crippen LogP contribution is -2.36. The van der Waals surface area contributed by atoms with Crippen LogP contribution >= 0.6 is 0 Å². The second-order valence-corrected chi connectivity index (χ2v) is 8.93. The van der Waals surface area contributed by atoms with Crippen LogP contribution in [0.2, 0.25) is 0 Å². The summed E-state index contributed by atoms with van der Waals surface area (Å²) in [6.07, 6.45) is 0.139. The van der Waals surface area contributed by atoms with Crippen LogP contribution in [0, 0.1) is 17.8 Å². The molecule has 190 valence electrons. The van der Waals surface area contributed by atoms with Gasteiger partial charge in [-0.05, 0) is 37.5 Å². The van der Waals surface area contributed by atoms with Crippen molar-refractivity contribution in [3.8, 4) is 11.5 Å². The number of carbonyl (C=O) groups excluding carboxylic acids is 4. The highest BCUT2D eigenvalue weighted by atomic mass is 16.6. The fraction of sp³-hybridized carbons (Fsp3) is 0.600. The van der Waals surface area contributed by atoms with Crippen LogP contribution in [0.15, 0.2) is 18.2 Å². The summed E-state index contributed by atoms with van der Waals surface area (Å²) in [5, 5.41) is 0. The summed E-state index contributed by atoms with van der Waals surface area (Å²) in [6.45, 7) is 11.9. The third-order valence-corrected chi connectivity index (χ3v) is 4.92. The van der Waals surface area contributed by atoms with E-state index in [2.05, 4.69) is 0 Å². The summed E-state index contributed by atoms with van der Waals surface area (Å²) in [5.74, 6) is -2.82. The predicted octanol–water partition coefficient (Wildman–Crippen LogP) is 3.20. The molecule has 1 aromatic rings. The number of hydrogen-bond donors (Lipinski definition) is 1. The highest BCUT2D eigenvalue weighted by Gasteiger charge is 2.22. The van der Waals surface area contributed by atoms with E-state index in [4.69, 9.17) is 24.7 Å². The minimum Gasteiger partial charge on any atom is -0.461 e. The summed E-state index contributed by atoms with van der Waals surface area (Å²) in [5.41, 5.74) is 6.57. The zero-order valence-electron chi connectivity index (χ0n) is 21.1. The van der Waals surface area contributed by atoms with E-state index in [1.807, 2.05) is 6.92 Å².